The molecular weight excluding hydrogens is 398 g/mol. The second-order valence-corrected chi connectivity index (χ2v) is 8.02. The third-order valence-electron chi connectivity index (χ3n) is 5.37. The van der Waals surface area contributed by atoms with Crippen molar-refractivity contribution in [2.45, 2.75) is 63.6 Å². The lowest BCUT2D eigenvalue weighted by atomic mass is 9.73. The zero-order valence-corrected chi connectivity index (χ0v) is 17.1. The molecule has 1 aliphatic heterocycles. The second-order valence-electron chi connectivity index (χ2n) is 7.63. The van der Waals surface area contributed by atoms with Crippen molar-refractivity contribution in [3.8, 4) is 5.75 Å². The number of carbonyl (C=O) groups excluding carboxylic acids is 2. The predicted octanol–water partition coefficient (Wildman–Crippen LogP) is 3.45. The van der Waals surface area contributed by atoms with E-state index in [-0.39, 0.29) is 12.2 Å². The quantitative estimate of drug-likeness (QED) is 0.554. The van der Waals surface area contributed by atoms with Crippen molar-refractivity contribution in [3.63, 3.8) is 0 Å². The molecule has 8 heteroatoms. The number of esters is 2. The molecular formula is C21H22ClNO6. The molecule has 1 aliphatic carbocycles. The highest BCUT2D eigenvalue weighted by molar-refractivity contribution is 6.29. The first kappa shape index (κ1) is 19.9. The van der Waals surface area contributed by atoms with Crippen LogP contribution in [-0.4, -0.2) is 46.9 Å². The van der Waals surface area contributed by atoms with E-state index in [9.17, 15) is 9.59 Å². The van der Waals surface area contributed by atoms with E-state index >= 15 is 0 Å². The lowest BCUT2D eigenvalue weighted by Gasteiger charge is -2.46. The van der Waals surface area contributed by atoms with Gasteiger partial charge in [-0.05, 0) is 31.2 Å². The van der Waals surface area contributed by atoms with Crippen LogP contribution in [0.3, 0.4) is 0 Å². The SMILES string of the molecule is CC(=O)O[C@H]1C(C)OC2(CC(Oc3ccc4ccc(Cl)nc4c3)C2)[C@H]1OC(C)=O. The smallest absolute Gasteiger partial charge is 0.303 e. The monoisotopic (exact) mass is 419 g/mol. The average Bonchev–Trinajstić information content (AvgIpc) is 2.86. The summed E-state index contributed by atoms with van der Waals surface area (Å²) in [6, 6.07) is 9.30. The van der Waals surface area contributed by atoms with Gasteiger partial charge in [0.15, 0.2) is 12.2 Å². The third-order valence-corrected chi connectivity index (χ3v) is 5.58. The van der Waals surface area contributed by atoms with E-state index in [1.54, 1.807) is 6.07 Å². The molecule has 0 N–H and O–H groups in total. The van der Waals surface area contributed by atoms with Gasteiger partial charge in [-0.2, -0.15) is 0 Å². The number of pyridine rings is 1. The van der Waals surface area contributed by atoms with Gasteiger partial charge in [0.05, 0.1) is 11.6 Å². The number of rotatable bonds is 4. The molecule has 0 radical (unpaired) electrons. The number of fused-ring (bicyclic) bond motifs is 1. The van der Waals surface area contributed by atoms with Crippen LogP contribution in [0, 0.1) is 0 Å². The Balaban J connectivity index is 1.48. The summed E-state index contributed by atoms with van der Waals surface area (Å²) >= 11 is 5.97. The normalized spacial score (nSPS) is 30.8. The summed E-state index contributed by atoms with van der Waals surface area (Å²) in [5, 5.41) is 1.39. The molecule has 0 amide bonds. The Bertz CT molecular complexity index is 957. The van der Waals surface area contributed by atoms with E-state index < -0.39 is 29.7 Å². The number of aromatic nitrogens is 1. The molecule has 0 bridgehead atoms. The Labute approximate surface area is 173 Å². The maximum atomic E-state index is 11.6. The largest absolute Gasteiger partial charge is 0.490 e. The fourth-order valence-electron chi connectivity index (χ4n) is 4.21. The molecule has 1 unspecified atom stereocenters. The fraction of sp³-hybridized carbons (Fsp3) is 0.476. The lowest BCUT2D eigenvalue weighted by Crippen LogP contribution is -2.58. The van der Waals surface area contributed by atoms with Crippen LogP contribution in [0.25, 0.3) is 10.9 Å². The highest BCUT2D eigenvalue weighted by Gasteiger charge is 2.64. The molecule has 1 aromatic carbocycles. The van der Waals surface area contributed by atoms with E-state index in [1.165, 1.54) is 13.8 Å². The zero-order chi connectivity index (χ0) is 20.8. The maximum absolute atomic E-state index is 11.6. The molecule has 1 saturated carbocycles. The van der Waals surface area contributed by atoms with E-state index in [0.717, 1.165) is 10.9 Å². The zero-order valence-electron chi connectivity index (χ0n) is 16.4. The first-order valence-electron chi connectivity index (χ1n) is 9.51. The molecule has 2 aromatic rings. The van der Waals surface area contributed by atoms with Crippen molar-refractivity contribution in [1.29, 1.82) is 0 Å². The standard InChI is InChI=1S/C21H22ClNO6/c1-11-19(26-12(2)24)20(27-13(3)25)21(29-11)9-16(10-21)28-15-6-4-14-5-7-18(22)23-17(14)8-15/h4-8,11,16,19-20H,9-10H2,1-3H3/t11?,16?,19-,20-,21?/m0/s1. The van der Waals surface area contributed by atoms with Gasteiger partial charge in [0, 0.05) is 38.1 Å². The summed E-state index contributed by atoms with van der Waals surface area (Å²) in [5.74, 6) is -0.195. The topological polar surface area (TPSA) is 84.0 Å². The van der Waals surface area contributed by atoms with Crippen LogP contribution in [0.15, 0.2) is 30.3 Å². The fourth-order valence-corrected chi connectivity index (χ4v) is 4.37. The Hall–Kier alpha value is -2.38. The number of benzene rings is 1. The van der Waals surface area contributed by atoms with Gasteiger partial charge in [-0.1, -0.05) is 11.6 Å². The highest BCUT2D eigenvalue weighted by atomic mass is 35.5. The summed E-state index contributed by atoms with van der Waals surface area (Å²) in [5.41, 5.74) is 0.0383. The van der Waals surface area contributed by atoms with E-state index in [2.05, 4.69) is 4.98 Å². The van der Waals surface area contributed by atoms with E-state index in [0.29, 0.717) is 23.7 Å². The molecule has 1 saturated heterocycles. The minimum absolute atomic E-state index is 0.118. The van der Waals surface area contributed by atoms with E-state index in [1.807, 2.05) is 31.2 Å². The van der Waals surface area contributed by atoms with Gasteiger partial charge >= 0.3 is 11.9 Å². The Morgan fingerprint density at radius 1 is 1.14 bits per heavy atom. The first-order chi connectivity index (χ1) is 13.8. The maximum Gasteiger partial charge on any atom is 0.303 e. The third kappa shape index (κ3) is 3.89. The van der Waals surface area contributed by atoms with Crippen molar-refractivity contribution in [2.75, 3.05) is 0 Å². The number of halogens is 1. The summed E-state index contributed by atoms with van der Waals surface area (Å²) in [7, 11) is 0. The summed E-state index contributed by atoms with van der Waals surface area (Å²) in [6.45, 7) is 4.47. The average molecular weight is 420 g/mol. The summed E-state index contributed by atoms with van der Waals surface area (Å²) < 4.78 is 23.1. The Kier molecular flexibility index (Phi) is 5.12. The van der Waals surface area contributed by atoms with Crippen molar-refractivity contribution in [1.82, 2.24) is 4.98 Å². The van der Waals surface area contributed by atoms with Gasteiger partial charge in [-0.15, -0.1) is 0 Å². The number of carbonyl (C=O) groups is 2. The van der Waals surface area contributed by atoms with Gasteiger partial charge in [-0.25, -0.2) is 4.98 Å². The number of nitrogens with zero attached hydrogens (tertiary/aromatic N) is 1. The molecule has 7 nitrogen and oxygen atoms in total. The van der Waals surface area contributed by atoms with Gasteiger partial charge in [0.1, 0.15) is 22.6 Å². The molecule has 1 spiro atoms. The number of hydrogen-bond acceptors (Lipinski definition) is 7. The van der Waals surface area contributed by atoms with Crippen LogP contribution in [-0.2, 0) is 23.8 Å². The predicted molar refractivity (Wildman–Crippen MR) is 105 cm³/mol. The van der Waals surface area contributed by atoms with Crippen LogP contribution in [0.1, 0.15) is 33.6 Å². The number of hydrogen-bond donors (Lipinski definition) is 0. The highest BCUT2D eigenvalue weighted by Crippen LogP contribution is 2.49. The molecule has 29 heavy (non-hydrogen) atoms. The summed E-state index contributed by atoms with van der Waals surface area (Å²) in [4.78, 5) is 27.4. The molecule has 2 fully saturated rings. The van der Waals surface area contributed by atoms with Crippen molar-refractivity contribution in [2.24, 2.45) is 0 Å². The van der Waals surface area contributed by atoms with Gasteiger partial charge in [-0.3, -0.25) is 9.59 Å². The van der Waals surface area contributed by atoms with E-state index in [4.69, 9.17) is 30.5 Å². The Morgan fingerprint density at radius 3 is 2.52 bits per heavy atom. The van der Waals surface area contributed by atoms with Crippen molar-refractivity contribution < 1.29 is 28.5 Å². The number of ether oxygens (including phenoxy) is 4. The minimum Gasteiger partial charge on any atom is -0.490 e. The molecule has 2 aliphatic rings. The first-order valence-corrected chi connectivity index (χ1v) is 9.89. The lowest BCUT2D eigenvalue weighted by molar-refractivity contribution is -0.191. The second kappa shape index (κ2) is 7.46. The van der Waals surface area contributed by atoms with Crippen molar-refractivity contribution in [3.05, 3.63) is 35.5 Å². The Morgan fingerprint density at radius 2 is 1.83 bits per heavy atom. The summed E-state index contributed by atoms with van der Waals surface area (Å²) in [6.07, 6.45) is -0.744. The van der Waals surface area contributed by atoms with Gasteiger partial charge in [0.2, 0.25) is 0 Å². The van der Waals surface area contributed by atoms with Crippen molar-refractivity contribution >= 4 is 34.4 Å². The van der Waals surface area contributed by atoms with Crippen LogP contribution >= 0.6 is 11.6 Å². The van der Waals surface area contributed by atoms with Gasteiger partial charge in [0.25, 0.3) is 0 Å². The van der Waals surface area contributed by atoms with Crippen LogP contribution in [0.4, 0.5) is 0 Å². The molecule has 3 atom stereocenters. The minimum atomic E-state index is -0.714. The van der Waals surface area contributed by atoms with Crippen LogP contribution in [0.2, 0.25) is 5.15 Å². The molecule has 4 rings (SSSR count). The molecule has 1 aromatic heterocycles. The molecule has 2 heterocycles. The van der Waals surface area contributed by atoms with Gasteiger partial charge < -0.3 is 18.9 Å². The molecule has 154 valence electrons. The van der Waals surface area contributed by atoms with Crippen LogP contribution in [0.5, 0.6) is 5.75 Å². The van der Waals surface area contributed by atoms with Crippen LogP contribution < -0.4 is 4.74 Å².